The molecule has 2 rings (SSSR count). The topological polar surface area (TPSA) is 38.0 Å². The maximum atomic E-state index is 5.90. The zero-order valence-electron chi connectivity index (χ0n) is 11.6. The molecular weight excluding hydrogens is 208 g/mol. The smallest absolute Gasteiger partial charge is 0.0269 e. The predicted molar refractivity (Wildman–Crippen MR) is 73.4 cm³/mol. The summed E-state index contributed by atoms with van der Waals surface area (Å²) in [4.78, 5) is 0. The van der Waals surface area contributed by atoms with E-state index in [2.05, 4.69) is 19.3 Å². The lowest BCUT2D eigenvalue weighted by Gasteiger charge is -2.39. The second-order valence-electron chi connectivity index (χ2n) is 6.49. The summed E-state index contributed by atoms with van der Waals surface area (Å²) in [7, 11) is 0. The second kappa shape index (κ2) is 6.19. The summed E-state index contributed by atoms with van der Waals surface area (Å²) < 4.78 is 0. The molecule has 100 valence electrons. The second-order valence-corrected chi connectivity index (χ2v) is 6.49. The molecule has 2 fully saturated rings. The van der Waals surface area contributed by atoms with Gasteiger partial charge in [0.1, 0.15) is 0 Å². The molecule has 0 amide bonds. The number of nitrogens with one attached hydrogen (secondary N) is 1. The van der Waals surface area contributed by atoms with Crippen LogP contribution in [0, 0.1) is 23.7 Å². The summed E-state index contributed by atoms with van der Waals surface area (Å²) in [6, 6.07) is 0.588. The molecule has 2 aliphatic carbocycles. The molecule has 5 atom stereocenters. The third-order valence-electron chi connectivity index (χ3n) is 5.39. The lowest BCUT2D eigenvalue weighted by Crippen LogP contribution is -2.48. The van der Waals surface area contributed by atoms with E-state index in [0.29, 0.717) is 6.04 Å². The molecule has 0 aromatic rings. The van der Waals surface area contributed by atoms with Crippen molar-refractivity contribution in [1.82, 2.24) is 5.43 Å². The van der Waals surface area contributed by atoms with Crippen LogP contribution in [0.1, 0.15) is 65.2 Å². The molecule has 0 aromatic carbocycles. The van der Waals surface area contributed by atoms with E-state index in [-0.39, 0.29) is 0 Å². The molecule has 0 aromatic heterocycles. The van der Waals surface area contributed by atoms with Crippen LogP contribution >= 0.6 is 0 Å². The van der Waals surface area contributed by atoms with Crippen LogP contribution in [0.5, 0.6) is 0 Å². The standard InChI is InChI=1S/C15H30N2/c1-3-12-6-4-5-7-14(12)15(17-16)13-9-8-11(2)10-13/h11-15,17H,3-10,16H2,1-2H3. The Morgan fingerprint density at radius 1 is 1.18 bits per heavy atom. The van der Waals surface area contributed by atoms with Gasteiger partial charge in [0.05, 0.1) is 0 Å². The van der Waals surface area contributed by atoms with Crippen molar-refractivity contribution in [3.8, 4) is 0 Å². The fraction of sp³-hybridized carbons (Fsp3) is 1.00. The molecule has 0 radical (unpaired) electrons. The summed E-state index contributed by atoms with van der Waals surface area (Å²) in [5.74, 6) is 9.41. The monoisotopic (exact) mass is 238 g/mol. The Hall–Kier alpha value is -0.0800. The van der Waals surface area contributed by atoms with Gasteiger partial charge in [-0.2, -0.15) is 0 Å². The highest BCUT2D eigenvalue weighted by Crippen LogP contribution is 2.41. The number of hydrogen-bond acceptors (Lipinski definition) is 2. The van der Waals surface area contributed by atoms with Gasteiger partial charge < -0.3 is 0 Å². The Morgan fingerprint density at radius 2 is 1.94 bits per heavy atom. The quantitative estimate of drug-likeness (QED) is 0.581. The average molecular weight is 238 g/mol. The summed E-state index contributed by atoms with van der Waals surface area (Å²) in [6.07, 6.45) is 11.2. The number of hydrazine groups is 1. The SMILES string of the molecule is CCC1CCCCC1C(NN)C1CCC(C)C1. The minimum atomic E-state index is 0.588. The molecule has 2 aliphatic rings. The third-order valence-corrected chi connectivity index (χ3v) is 5.39. The Labute approximate surface area is 107 Å². The van der Waals surface area contributed by atoms with E-state index in [1.54, 1.807) is 0 Å². The molecule has 0 saturated heterocycles. The van der Waals surface area contributed by atoms with Crippen LogP contribution in [0.2, 0.25) is 0 Å². The Bertz CT molecular complexity index is 229. The first-order valence-corrected chi connectivity index (χ1v) is 7.72. The van der Waals surface area contributed by atoms with E-state index in [1.807, 2.05) is 0 Å². The first-order chi connectivity index (χ1) is 8.26. The number of hydrogen-bond donors (Lipinski definition) is 2. The van der Waals surface area contributed by atoms with E-state index in [4.69, 9.17) is 5.84 Å². The fourth-order valence-electron chi connectivity index (χ4n) is 4.40. The Kier molecular flexibility index (Phi) is 4.87. The first-order valence-electron chi connectivity index (χ1n) is 7.72. The highest BCUT2D eigenvalue weighted by atomic mass is 15.2. The number of rotatable bonds is 4. The van der Waals surface area contributed by atoms with E-state index >= 15 is 0 Å². The van der Waals surface area contributed by atoms with Gasteiger partial charge in [0.2, 0.25) is 0 Å². The molecule has 3 N–H and O–H groups in total. The maximum absolute atomic E-state index is 5.90. The van der Waals surface area contributed by atoms with Crippen molar-refractivity contribution in [3.05, 3.63) is 0 Å². The van der Waals surface area contributed by atoms with E-state index < -0.39 is 0 Å². The molecule has 5 unspecified atom stereocenters. The molecule has 2 heteroatoms. The van der Waals surface area contributed by atoms with Crippen LogP contribution in [0.25, 0.3) is 0 Å². The molecular formula is C15H30N2. The zero-order chi connectivity index (χ0) is 12.3. The first kappa shape index (κ1) is 13.4. The van der Waals surface area contributed by atoms with Gasteiger partial charge in [0.25, 0.3) is 0 Å². The molecule has 0 bridgehead atoms. The average Bonchev–Trinajstić information content (AvgIpc) is 2.77. The zero-order valence-corrected chi connectivity index (χ0v) is 11.6. The molecule has 0 heterocycles. The van der Waals surface area contributed by atoms with Gasteiger partial charge in [0.15, 0.2) is 0 Å². The van der Waals surface area contributed by atoms with Crippen LogP contribution in [0.3, 0.4) is 0 Å². The summed E-state index contributed by atoms with van der Waals surface area (Å²) in [6.45, 7) is 4.75. The molecule has 0 spiro atoms. The Balaban J connectivity index is 2.00. The molecule has 17 heavy (non-hydrogen) atoms. The minimum Gasteiger partial charge on any atom is -0.271 e. The van der Waals surface area contributed by atoms with Crippen LogP contribution in [0.4, 0.5) is 0 Å². The van der Waals surface area contributed by atoms with Gasteiger partial charge in [-0.05, 0) is 42.9 Å². The fourth-order valence-corrected chi connectivity index (χ4v) is 4.40. The maximum Gasteiger partial charge on any atom is 0.0269 e. The third kappa shape index (κ3) is 3.03. The Morgan fingerprint density at radius 3 is 2.53 bits per heavy atom. The van der Waals surface area contributed by atoms with Gasteiger partial charge in [-0.25, -0.2) is 0 Å². The van der Waals surface area contributed by atoms with Crippen molar-refractivity contribution < 1.29 is 0 Å². The number of nitrogens with two attached hydrogens (primary N) is 1. The van der Waals surface area contributed by atoms with Gasteiger partial charge >= 0.3 is 0 Å². The van der Waals surface area contributed by atoms with Gasteiger partial charge in [-0.15, -0.1) is 0 Å². The van der Waals surface area contributed by atoms with E-state index in [0.717, 1.165) is 23.7 Å². The van der Waals surface area contributed by atoms with Crippen molar-refractivity contribution in [2.45, 2.75) is 71.3 Å². The molecule has 2 saturated carbocycles. The van der Waals surface area contributed by atoms with Crippen molar-refractivity contribution in [1.29, 1.82) is 0 Å². The van der Waals surface area contributed by atoms with Gasteiger partial charge in [0, 0.05) is 6.04 Å². The highest BCUT2D eigenvalue weighted by Gasteiger charge is 2.37. The van der Waals surface area contributed by atoms with Crippen LogP contribution in [-0.2, 0) is 0 Å². The summed E-state index contributed by atoms with van der Waals surface area (Å²) in [5.41, 5.74) is 3.20. The van der Waals surface area contributed by atoms with Crippen LogP contribution in [-0.4, -0.2) is 6.04 Å². The lowest BCUT2D eigenvalue weighted by atomic mass is 9.70. The van der Waals surface area contributed by atoms with Crippen molar-refractivity contribution >= 4 is 0 Å². The summed E-state index contributed by atoms with van der Waals surface area (Å²) >= 11 is 0. The van der Waals surface area contributed by atoms with Crippen LogP contribution < -0.4 is 11.3 Å². The van der Waals surface area contributed by atoms with E-state index in [9.17, 15) is 0 Å². The predicted octanol–water partition coefficient (Wildman–Crippen LogP) is 3.47. The van der Waals surface area contributed by atoms with Gasteiger partial charge in [-0.1, -0.05) is 46.0 Å². The minimum absolute atomic E-state index is 0.588. The molecule has 0 aliphatic heterocycles. The summed E-state index contributed by atoms with van der Waals surface area (Å²) in [5, 5.41) is 0. The lowest BCUT2D eigenvalue weighted by molar-refractivity contribution is 0.137. The normalized spacial score (nSPS) is 40.4. The van der Waals surface area contributed by atoms with Crippen molar-refractivity contribution in [2.24, 2.45) is 29.5 Å². The van der Waals surface area contributed by atoms with Gasteiger partial charge in [-0.3, -0.25) is 11.3 Å². The van der Waals surface area contributed by atoms with E-state index in [1.165, 1.54) is 51.4 Å². The molecule has 2 nitrogen and oxygen atoms in total. The highest BCUT2D eigenvalue weighted by molar-refractivity contribution is 4.90. The van der Waals surface area contributed by atoms with Crippen molar-refractivity contribution in [2.75, 3.05) is 0 Å². The largest absolute Gasteiger partial charge is 0.271 e. The van der Waals surface area contributed by atoms with Crippen LogP contribution in [0.15, 0.2) is 0 Å². The van der Waals surface area contributed by atoms with Crippen molar-refractivity contribution in [3.63, 3.8) is 0 Å².